The summed E-state index contributed by atoms with van der Waals surface area (Å²) in [7, 11) is 0. The van der Waals surface area contributed by atoms with Crippen molar-refractivity contribution in [3.8, 4) is 0 Å². The van der Waals surface area contributed by atoms with Crippen LogP contribution in [-0.4, -0.2) is 21.8 Å². The number of aliphatic carboxylic acids is 1. The van der Waals surface area contributed by atoms with Crippen molar-refractivity contribution in [1.82, 2.24) is 6.15 Å². The third kappa shape index (κ3) is 6.80. The highest BCUT2D eigenvalue weighted by atomic mass is 16.4. The molecule has 0 aromatic rings. The lowest BCUT2D eigenvalue weighted by atomic mass is 9.61. The zero-order chi connectivity index (χ0) is 17.1. The zero-order valence-electron chi connectivity index (χ0n) is 16.0. The Morgan fingerprint density at radius 1 is 0.739 bits per heavy atom. The van der Waals surface area contributed by atoms with Gasteiger partial charge in [0.15, 0.2) is 5.60 Å². The van der Waals surface area contributed by atoms with Crippen molar-refractivity contribution in [1.29, 1.82) is 0 Å². The van der Waals surface area contributed by atoms with E-state index >= 15 is 0 Å². The number of hydrogen-bond donors (Lipinski definition) is 3. The standard InChI is InChI=1S/C19H38O3.H3N/c1-5-9-13-18(14-10-6-2,15-11-7-3)19(22,17(20)21)16-12-8-4;/h22H,5-16H2,1-4H3,(H,20,21);1H3. The molecule has 0 radical (unpaired) electrons. The van der Waals surface area contributed by atoms with Crippen LogP contribution in [0.25, 0.3) is 0 Å². The summed E-state index contributed by atoms with van der Waals surface area (Å²) in [6.45, 7) is 8.46. The summed E-state index contributed by atoms with van der Waals surface area (Å²) >= 11 is 0. The normalized spacial score (nSPS) is 14.1. The molecule has 0 rings (SSSR count). The van der Waals surface area contributed by atoms with Crippen LogP contribution in [0.15, 0.2) is 0 Å². The fraction of sp³-hybridized carbons (Fsp3) is 0.947. The number of rotatable bonds is 14. The van der Waals surface area contributed by atoms with Gasteiger partial charge >= 0.3 is 5.97 Å². The molecule has 0 aliphatic heterocycles. The Morgan fingerprint density at radius 2 is 1.04 bits per heavy atom. The lowest BCUT2D eigenvalue weighted by molar-refractivity contribution is -0.182. The van der Waals surface area contributed by atoms with Crippen LogP contribution < -0.4 is 6.15 Å². The maximum absolute atomic E-state index is 12.0. The van der Waals surface area contributed by atoms with Gasteiger partial charge in [0.1, 0.15) is 0 Å². The molecule has 140 valence electrons. The highest BCUT2D eigenvalue weighted by Gasteiger charge is 2.53. The summed E-state index contributed by atoms with van der Waals surface area (Å²) in [6, 6.07) is 0. The smallest absolute Gasteiger partial charge is 0.336 e. The van der Waals surface area contributed by atoms with Gasteiger partial charge in [0.05, 0.1) is 0 Å². The minimum Gasteiger partial charge on any atom is -0.479 e. The molecule has 1 unspecified atom stereocenters. The number of unbranched alkanes of at least 4 members (excludes halogenated alkanes) is 4. The Labute approximate surface area is 143 Å². The molecule has 0 fully saturated rings. The Hall–Kier alpha value is -0.610. The molecule has 0 heterocycles. The second-order valence-corrected chi connectivity index (χ2v) is 6.86. The van der Waals surface area contributed by atoms with E-state index in [4.69, 9.17) is 0 Å². The van der Waals surface area contributed by atoms with Crippen LogP contribution in [0.3, 0.4) is 0 Å². The topological polar surface area (TPSA) is 92.5 Å². The van der Waals surface area contributed by atoms with E-state index in [1.54, 1.807) is 0 Å². The van der Waals surface area contributed by atoms with Gasteiger partial charge in [-0.2, -0.15) is 0 Å². The van der Waals surface area contributed by atoms with Crippen molar-refractivity contribution >= 4 is 5.97 Å². The Bertz CT molecular complexity index is 285. The molecular weight excluding hydrogens is 290 g/mol. The first-order valence-corrected chi connectivity index (χ1v) is 9.39. The third-order valence-corrected chi connectivity index (χ3v) is 5.15. The average molecular weight is 332 g/mol. The van der Waals surface area contributed by atoms with Gasteiger partial charge in [0.2, 0.25) is 0 Å². The molecule has 4 heteroatoms. The minimum atomic E-state index is -1.57. The van der Waals surface area contributed by atoms with Crippen LogP contribution in [0.5, 0.6) is 0 Å². The van der Waals surface area contributed by atoms with Crippen LogP contribution in [0.2, 0.25) is 0 Å². The first kappa shape index (κ1) is 24.6. The van der Waals surface area contributed by atoms with E-state index in [1.165, 1.54) is 0 Å². The molecule has 0 aromatic heterocycles. The van der Waals surface area contributed by atoms with E-state index < -0.39 is 17.0 Å². The Kier molecular flexibility index (Phi) is 13.7. The average Bonchev–Trinajstić information content (AvgIpc) is 2.51. The van der Waals surface area contributed by atoms with Crippen LogP contribution in [0.4, 0.5) is 0 Å². The van der Waals surface area contributed by atoms with Crippen molar-refractivity contribution in [3.05, 3.63) is 0 Å². The molecule has 1 atom stereocenters. The fourth-order valence-electron chi connectivity index (χ4n) is 3.57. The van der Waals surface area contributed by atoms with Gasteiger partial charge in [-0.1, -0.05) is 79.1 Å². The molecule has 0 amide bonds. The highest BCUT2D eigenvalue weighted by molar-refractivity contribution is 5.78. The van der Waals surface area contributed by atoms with Crippen LogP contribution in [0.1, 0.15) is 105 Å². The number of aliphatic hydroxyl groups is 1. The second-order valence-electron chi connectivity index (χ2n) is 6.86. The van der Waals surface area contributed by atoms with Crippen molar-refractivity contribution in [2.24, 2.45) is 5.41 Å². The van der Waals surface area contributed by atoms with E-state index in [0.29, 0.717) is 6.42 Å². The second kappa shape index (κ2) is 12.8. The molecule has 0 spiro atoms. The molecule has 0 aromatic carbocycles. The molecule has 0 bridgehead atoms. The summed E-state index contributed by atoms with van der Waals surface area (Å²) in [5.74, 6) is -1.01. The minimum absolute atomic E-state index is 0. The SMILES string of the molecule is CCCCC(CCCC)(CCCC)C(O)(CCCC)C(=O)O.N. The summed E-state index contributed by atoms with van der Waals surface area (Å²) in [4.78, 5) is 12.0. The Morgan fingerprint density at radius 3 is 1.30 bits per heavy atom. The van der Waals surface area contributed by atoms with Crippen LogP contribution in [-0.2, 0) is 4.79 Å². The first-order valence-electron chi connectivity index (χ1n) is 9.39. The lowest BCUT2D eigenvalue weighted by Crippen LogP contribution is -2.54. The van der Waals surface area contributed by atoms with Gasteiger partial charge in [-0.15, -0.1) is 0 Å². The zero-order valence-corrected chi connectivity index (χ0v) is 16.0. The van der Waals surface area contributed by atoms with E-state index in [9.17, 15) is 15.0 Å². The molecule has 0 aliphatic rings. The van der Waals surface area contributed by atoms with Gasteiger partial charge in [0.25, 0.3) is 0 Å². The predicted molar refractivity (Wildman–Crippen MR) is 98.1 cm³/mol. The number of hydrogen-bond acceptors (Lipinski definition) is 3. The summed E-state index contributed by atoms with van der Waals surface area (Å²) in [5.41, 5.74) is -2.03. The van der Waals surface area contributed by atoms with Crippen LogP contribution in [0, 0.1) is 5.41 Å². The molecule has 23 heavy (non-hydrogen) atoms. The number of carboxylic acids is 1. The molecule has 0 saturated carbocycles. The molecule has 0 saturated heterocycles. The molecule has 0 aliphatic carbocycles. The summed E-state index contributed by atoms with van der Waals surface area (Å²) < 4.78 is 0. The van der Waals surface area contributed by atoms with E-state index in [2.05, 4.69) is 20.8 Å². The summed E-state index contributed by atoms with van der Waals surface area (Å²) in [5, 5.41) is 21.1. The first-order chi connectivity index (χ1) is 10.4. The van der Waals surface area contributed by atoms with Gasteiger partial charge in [-0.05, 0) is 25.7 Å². The van der Waals surface area contributed by atoms with Gasteiger partial charge < -0.3 is 16.4 Å². The monoisotopic (exact) mass is 331 g/mol. The number of carbonyl (C=O) groups is 1. The van der Waals surface area contributed by atoms with Crippen LogP contribution >= 0.6 is 0 Å². The van der Waals surface area contributed by atoms with Gasteiger partial charge in [0, 0.05) is 5.41 Å². The van der Waals surface area contributed by atoms with Gasteiger partial charge in [-0.3, -0.25) is 0 Å². The maximum atomic E-state index is 12.0. The van der Waals surface area contributed by atoms with Crippen molar-refractivity contribution < 1.29 is 15.0 Å². The van der Waals surface area contributed by atoms with E-state index in [-0.39, 0.29) is 6.15 Å². The summed E-state index contributed by atoms with van der Waals surface area (Å²) in [6.07, 6.45) is 10.7. The van der Waals surface area contributed by atoms with Gasteiger partial charge in [-0.25, -0.2) is 4.79 Å². The lowest BCUT2D eigenvalue weighted by Gasteiger charge is -2.46. The van der Waals surface area contributed by atoms with Crippen molar-refractivity contribution in [3.63, 3.8) is 0 Å². The van der Waals surface area contributed by atoms with E-state index in [0.717, 1.165) is 70.6 Å². The van der Waals surface area contributed by atoms with Crippen molar-refractivity contribution in [2.75, 3.05) is 0 Å². The molecule has 4 nitrogen and oxygen atoms in total. The third-order valence-electron chi connectivity index (χ3n) is 5.15. The van der Waals surface area contributed by atoms with Crippen molar-refractivity contribution in [2.45, 2.75) is 110 Å². The predicted octanol–water partition coefficient (Wildman–Crippen LogP) is 5.71. The Balaban J connectivity index is 0. The fourth-order valence-corrected chi connectivity index (χ4v) is 3.57. The largest absolute Gasteiger partial charge is 0.479 e. The quantitative estimate of drug-likeness (QED) is 0.380. The molecular formula is C19H41NO3. The molecule has 5 N–H and O–H groups in total. The number of carboxylic acid groups (broad SMARTS) is 1. The maximum Gasteiger partial charge on any atom is 0.336 e. The highest BCUT2D eigenvalue weighted by Crippen LogP contribution is 2.48. The van der Waals surface area contributed by atoms with E-state index in [1.807, 2.05) is 6.92 Å².